The van der Waals surface area contributed by atoms with Crippen molar-refractivity contribution in [2.75, 3.05) is 0 Å². The van der Waals surface area contributed by atoms with Crippen molar-refractivity contribution in [3.8, 4) is 10.6 Å². The molecular formula is C15H16ClNO2S. The molecule has 2 aromatic rings. The Bertz CT molecular complexity index is 646. The zero-order valence-electron chi connectivity index (χ0n) is 11.3. The summed E-state index contributed by atoms with van der Waals surface area (Å²) in [5, 5.41) is 1.27. The Balaban J connectivity index is 2.48. The van der Waals surface area contributed by atoms with Crippen LogP contribution < -0.4 is 5.56 Å². The second-order valence-electron chi connectivity index (χ2n) is 4.55. The lowest BCUT2D eigenvalue weighted by Gasteiger charge is -2.12. The third kappa shape index (κ3) is 3.19. The summed E-state index contributed by atoms with van der Waals surface area (Å²) in [5.41, 5.74) is 0.596. The second kappa shape index (κ2) is 6.86. The fourth-order valence-electron chi connectivity index (χ4n) is 2.11. The number of nitrogens with zero attached hydrogens (tertiary/aromatic N) is 1. The van der Waals surface area contributed by atoms with Gasteiger partial charge < -0.3 is 4.57 Å². The molecule has 5 heteroatoms. The summed E-state index contributed by atoms with van der Waals surface area (Å²) >= 11 is 7.04. The molecule has 0 aliphatic carbocycles. The Labute approximate surface area is 126 Å². The van der Waals surface area contributed by atoms with Gasteiger partial charge in [0.1, 0.15) is 0 Å². The van der Waals surface area contributed by atoms with Crippen LogP contribution in [0.25, 0.3) is 10.6 Å². The maximum atomic E-state index is 12.4. The van der Waals surface area contributed by atoms with Crippen molar-refractivity contribution in [1.82, 2.24) is 4.57 Å². The molecule has 0 unspecified atom stereocenters. The van der Waals surface area contributed by atoms with E-state index >= 15 is 0 Å². The number of hydrogen-bond donors (Lipinski definition) is 0. The van der Waals surface area contributed by atoms with E-state index in [0.29, 0.717) is 6.54 Å². The van der Waals surface area contributed by atoms with Gasteiger partial charge >= 0.3 is 0 Å². The van der Waals surface area contributed by atoms with E-state index in [4.69, 9.17) is 11.6 Å². The highest BCUT2D eigenvalue weighted by molar-refractivity contribution is 7.13. The van der Waals surface area contributed by atoms with Gasteiger partial charge in [0.2, 0.25) is 0 Å². The predicted molar refractivity (Wildman–Crippen MR) is 83.7 cm³/mol. The van der Waals surface area contributed by atoms with E-state index in [1.807, 2.05) is 17.5 Å². The van der Waals surface area contributed by atoms with Crippen LogP contribution in [-0.2, 0) is 6.54 Å². The van der Waals surface area contributed by atoms with Crippen LogP contribution in [0.3, 0.4) is 0 Å². The van der Waals surface area contributed by atoms with Gasteiger partial charge in [0.25, 0.3) is 10.8 Å². The number of rotatable bonds is 6. The first-order valence-electron chi connectivity index (χ1n) is 6.62. The summed E-state index contributed by atoms with van der Waals surface area (Å²) in [6.45, 7) is 2.72. The summed E-state index contributed by atoms with van der Waals surface area (Å²) < 4.78 is 1.66. The molecule has 0 bridgehead atoms. The molecule has 2 aromatic heterocycles. The van der Waals surface area contributed by atoms with E-state index < -0.39 is 5.24 Å². The summed E-state index contributed by atoms with van der Waals surface area (Å²) in [6.07, 6.45) is 3.04. The number of thiophene rings is 1. The van der Waals surface area contributed by atoms with Crippen molar-refractivity contribution < 1.29 is 4.79 Å². The number of halogens is 1. The number of carbonyl (C=O) groups is 1. The Morgan fingerprint density at radius 2 is 2.10 bits per heavy atom. The molecule has 0 aliphatic heterocycles. The summed E-state index contributed by atoms with van der Waals surface area (Å²) in [5.74, 6) is 0. The molecule has 0 N–H and O–H groups in total. The topological polar surface area (TPSA) is 39.1 Å². The smallest absolute Gasteiger partial charge is 0.263 e. The van der Waals surface area contributed by atoms with Gasteiger partial charge in [-0.15, -0.1) is 11.3 Å². The van der Waals surface area contributed by atoms with E-state index in [9.17, 15) is 9.59 Å². The molecule has 0 amide bonds. The van der Waals surface area contributed by atoms with Gasteiger partial charge in [0.15, 0.2) is 0 Å². The monoisotopic (exact) mass is 309 g/mol. The van der Waals surface area contributed by atoms with E-state index in [1.165, 1.54) is 6.07 Å². The van der Waals surface area contributed by atoms with Crippen LogP contribution in [-0.4, -0.2) is 9.81 Å². The largest absolute Gasteiger partial charge is 0.307 e. The van der Waals surface area contributed by atoms with Gasteiger partial charge in [-0.1, -0.05) is 25.8 Å². The SMILES string of the molecule is CCCCCn1c(-c2cccs2)ccc(C(=O)Cl)c1=O. The number of unbranched alkanes of at least 4 members (excludes halogenated alkanes) is 2. The first-order chi connectivity index (χ1) is 9.65. The van der Waals surface area contributed by atoms with Crippen molar-refractivity contribution >= 4 is 28.2 Å². The normalized spacial score (nSPS) is 10.7. The maximum Gasteiger partial charge on any atom is 0.263 e. The second-order valence-corrected chi connectivity index (χ2v) is 5.84. The lowest BCUT2D eigenvalue weighted by Crippen LogP contribution is -2.26. The van der Waals surface area contributed by atoms with Crippen LogP contribution in [0.5, 0.6) is 0 Å². The van der Waals surface area contributed by atoms with Crippen LogP contribution in [0.4, 0.5) is 0 Å². The van der Waals surface area contributed by atoms with Gasteiger partial charge in [-0.2, -0.15) is 0 Å². The predicted octanol–water partition coefficient (Wildman–Crippen LogP) is 4.15. The summed E-state index contributed by atoms with van der Waals surface area (Å²) in [6, 6.07) is 7.23. The molecule has 0 saturated heterocycles. The number of pyridine rings is 1. The summed E-state index contributed by atoms with van der Waals surface area (Å²) in [7, 11) is 0. The molecule has 0 radical (unpaired) electrons. The van der Waals surface area contributed by atoms with Crippen LogP contribution in [0.15, 0.2) is 34.4 Å². The van der Waals surface area contributed by atoms with Gasteiger partial charge in [-0.25, -0.2) is 0 Å². The fourth-order valence-corrected chi connectivity index (χ4v) is 3.01. The van der Waals surface area contributed by atoms with Crippen molar-refractivity contribution in [2.24, 2.45) is 0 Å². The molecule has 0 spiro atoms. The molecule has 0 saturated carbocycles. The van der Waals surface area contributed by atoms with Gasteiger partial charge in [0.05, 0.1) is 16.1 Å². The first-order valence-corrected chi connectivity index (χ1v) is 7.88. The van der Waals surface area contributed by atoms with E-state index in [2.05, 4.69) is 6.92 Å². The number of carbonyl (C=O) groups excluding carboxylic acids is 1. The van der Waals surface area contributed by atoms with Gasteiger partial charge in [-0.05, 0) is 41.6 Å². The third-order valence-corrected chi connectivity index (χ3v) is 4.24. The average Bonchev–Trinajstić information content (AvgIpc) is 2.94. The number of hydrogen-bond acceptors (Lipinski definition) is 3. The lowest BCUT2D eigenvalue weighted by atomic mass is 10.2. The minimum absolute atomic E-state index is 0.0449. The average molecular weight is 310 g/mol. The molecule has 0 aliphatic rings. The third-order valence-electron chi connectivity index (χ3n) is 3.14. The van der Waals surface area contributed by atoms with Crippen LogP contribution in [0.1, 0.15) is 36.5 Å². The zero-order chi connectivity index (χ0) is 14.5. The molecule has 106 valence electrons. The van der Waals surface area contributed by atoms with E-state index in [1.54, 1.807) is 22.0 Å². The molecule has 20 heavy (non-hydrogen) atoms. The number of aromatic nitrogens is 1. The molecule has 3 nitrogen and oxygen atoms in total. The molecule has 0 fully saturated rings. The Hall–Kier alpha value is -1.39. The minimum Gasteiger partial charge on any atom is -0.307 e. The standard InChI is InChI=1S/C15H16ClNO2S/c1-2-3-4-9-17-12(13-6-5-10-20-13)8-7-11(14(16)18)15(17)19/h5-8,10H,2-4,9H2,1H3. The van der Waals surface area contributed by atoms with Gasteiger partial charge in [-0.3, -0.25) is 9.59 Å². The van der Waals surface area contributed by atoms with Crippen LogP contribution in [0.2, 0.25) is 0 Å². The van der Waals surface area contributed by atoms with Crippen molar-refractivity contribution in [2.45, 2.75) is 32.7 Å². The van der Waals surface area contributed by atoms with Crippen molar-refractivity contribution in [3.63, 3.8) is 0 Å². The Morgan fingerprint density at radius 3 is 2.70 bits per heavy atom. The van der Waals surface area contributed by atoms with Crippen LogP contribution >= 0.6 is 22.9 Å². The quantitative estimate of drug-likeness (QED) is 0.594. The zero-order valence-corrected chi connectivity index (χ0v) is 12.8. The highest BCUT2D eigenvalue weighted by Crippen LogP contribution is 2.24. The minimum atomic E-state index is -0.697. The van der Waals surface area contributed by atoms with Crippen molar-refractivity contribution in [1.29, 1.82) is 0 Å². The summed E-state index contributed by atoms with van der Waals surface area (Å²) in [4.78, 5) is 24.7. The Morgan fingerprint density at radius 1 is 1.30 bits per heavy atom. The Kier molecular flexibility index (Phi) is 5.15. The lowest BCUT2D eigenvalue weighted by molar-refractivity contribution is 0.107. The molecule has 2 heterocycles. The molecule has 0 aromatic carbocycles. The van der Waals surface area contributed by atoms with Crippen LogP contribution in [0, 0.1) is 0 Å². The maximum absolute atomic E-state index is 12.4. The molecule has 0 atom stereocenters. The molecular weight excluding hydrogens is 294 g/mol. The highest BCUT2D eigenvalue weighted by Gasteiger charge is 2.14. The van der Waals surface area contributed by atoms with Gasteiger partial charge in [0, 0.05) is 6.54 Å². The first kappa shape index (κ1) is 15.0. The van der Waals surface area contributed by atoms with E-state index in [-0.39, 0.29) is 11.1 Å². The highest BCUT2D eigenvalue weighted by atomic mass is 35.5. The van der Waals surface area contributed by atoms with E-state index in [0.717, 1.165) is 29.8 Å². The molecule has 2 rings (SSSR count). The van der Waals surface area contributed by atoms with Crippen molar-refractivity contribution in [3.05, 3.63) is 45.6 Å². The fraction of sp³-hybridized carbons (Fsp3) is 0.333.